The Labute approximate surface area is 238 Å². The fourth-order valence-electron chi connectivity index (χ4n) is 6.13. The van der Waals surface area contributed by atoms with Crippen molar-refractivity contribution in [3.05, 3.63) is 69.9 Å². The van der Waals surface area contributed by atoms with Crippen molar-refractivity contribution in [3.63, 3.8) is 0 Å². The molecule has 3 aliphatic heterocycles. The number of nitrogens with zero attached hydrogens (tertiary/aromatic N) is 4. The molecule has 1 saturated heterocycles. The van der Waals surface area contributed by atoms with Gasteiger partial charge < -0.3 is 25.0 Å². The maximum atomic E-state index is 14.4. The van der Waals surface area contributed by atoms with Crippen LogP contribution in [0.3, 0.4) is 0 Å². The number of carboxylic acids is 1. The average Bonchev–Trinajstić information content (AvgIpc) is 3.12. The van der Waals surface area contributed by atoms with Crippen molar-refractivity contribution in [3.8, 4) is 0 Å². The Hall–Kier alpha value is -3.84. The number of nitrogens with one attached hydrogen (secondary N) is 1. The van der Waals surface area contributed by atoms with Crippen molar-refractivity contribution >= 4 is 29.1 Å². The number of alkyl halides is 3. The highest BCUT2D eigenvalue weighted by atomic mass is 19.4. The minimum atomic E-state index is -4.88. The van der Waals surface area contributed by atoms with Gasteiger partial charge in [0.1, 0.15) is 5.56 Å². The van der Waals surface area contributed by atoms with Crippen LogP contribution >= 0.6 is 0 Å². The molecule has 4 heterocycles. The molecule has 8 nitrogen and oxygen atoms in total. The zero-order valence-corrected chi connectivity index (χ0v) is 22.9. The van der Waals surface area contributed by atoms with Crippen LogP contribution in [0.2, 0.25) is 0 Å². The lowest BCUT2D eigenvalue weighted by Crippen LogP contribution is -2.32. The lowest BCUT2D eigenvalue weighted by molar-refractivity contribution is -0.139. The summed E-state index contributed by atoms with van der Waals surface area (Å²) in [5.74, 6) is -4.23. The summed E-state index contributed by atoms with van der Waals surface area (Å²) < 4.78 is 76.7. The SMILES string of the molecule is CN1CCc2c(cc(Nc3ncc(C(F)(F)F)c(N4CC(C)(CC(=O)O)c5cc(F)c(F)cc54)n3)cc2C2COC2)C1. The Bertz CT molecular complexity index is 1580. The van der Waals surface area contributed by atoms with Crippen molar-refractivity contribution in [2.75, 3.05) is 43.6 Å². The molecule has 0 radical (unpaired) electrons. The number of carboxylic acid groups (broad SMARTS) is 1. The molecule has 1 fully saturated rings. The zero-order chi connectivity index (χ0) is 30.0. The summed E-state index contributed by atoms with van der Waals surface area (Å²) in [4.78, 5) is 23.1. The second-order valence-electron chi connectivity index (χ2n) is 11.5. The zero-order valence-electron chi connectivity index (χ0n) is 22.9. The van der Waals surface area contributed by atoms with Crippen LogP contribution in [-0.4, -0.2) is 59.3 Å². The molecular weight excluding hydrogens is 561 g/mol. The third-order valence-corrected chi connectivity index (χ3v) is 8.25. The Morgan fingerprint density at radius 3 is 2.60 bits per heavy atom. The van der Waals surface area contributed by atoms with Crippen molar-refractivity contribution in [1.82, 2.24) is 14.9 Å². The number of aromatic nitrogens is 2. The number of halogens is 5. The van der Waals surface area contributed by atoms with Crippen LogP contribution in [0, 0.1) is 11.6 Å². The monoisotopic (exact) mass is 589 g/mol. The quantitative estimate of drug-likeness (QED) is 0.365. The summed E-state index contributed by atoms with van der Waals surface area (Å²) in [6, 6.07) is 5.50. The summed E-state index contributed by atoms with van der Waals surface area (Å²) in [6.07, 6.45) is -3.88. The van der Waals surface area contributed by atoms with Gasteiger partial charge in [0.05, 0.1) is 19.6 Å². The van der Waals surface area contributed by atoms with Crippen LogP contribution in [0.1, 0.15) is 47.1 Å². The third kappa shape index (κ3) is 5.04. The predicted molar refractivity (Wildman–Crippen MR) is 143 cm³/mol. The summed E-state index contributed by atoms with van der Waals surface area (Å²) in [7, 11) is 2.02. The third-order valence-electron chi connectivity index (χ3n) is 8.25. The van der Waals surface area contributed by atoms with Gasteiger partial charge in [0.2, 0.25) is 5.95 Å². The largest absolute Gasteiger partial charge is 0.481 e. The number of ether oxygens (including phenoxy) is 1. The molecule has 222 valence electrons. The van der Waals surface area contributed by atoms with Crippen LogP contribution in [0.5, 0.6) is 0 Å². The molecule has 3 aromatic rings. The standard InChI is InChI=1S/C29H28F5N5O3/c1-28(9-25(40)41)14-39(24-8-23(31)22(30)7-20(24)28)26-21(29(32,33)34)10-35-27(37-26)36-17-5-15-11-38(2)4-3-18(15)19(6-17)16-12-42-13-16/h5-8,10,16H,3-4,9,11-14H2,1-2H3,(H,40,41)(H,35,36,37). The first kappa shape index (κ1) is 28.3. The highest BCUT2D eigenvalue weighted by molar-refractivity contribution is 5.77. The van der Waals surface area contributed by atoms with E-state index < -0.39 is 47.0 Å². The second-order valence-corrected chi connectivity index (χ2v) is 11.5. The first-order chi connectivity index (χ1) is 19.8. The van der Waals surface area contributed by atoms with E-state index in [1.165, 1.54) is 12.5 Å². The molecule has 1 unspecified atom stereocenters. The molecule has 0 saturated carbocycles. The number of anilines is 4. The molecule has 0 bridgehead atoms. The van der Waals surface area contributed by atoms with E-state index in [1.54, 1.807) is 0 Å². The molecule has 0 amide bonds. The number of aliphatic carboxylic acids is 1. The van der Waals surface area contributed by atoms with Gasteiger partial charge in [-0.05, 0) is 53.9 Å². The molecule has 1 aromatic heterocycles. The second kappa shape index (κ2) is 10.2. The van der Waals surface area contributed by atoms with Crippen LogP contribution in [-0.2, 0) is 34.1 Å². The molecule has 6 rings (SSSR count). The van der Waals surface area contributed by atoms with E-state index in [9.17, 15) is 31.9 Å². The number of fused-ring (bicyclic) bond motifs is 2. The molecule has 13 heteroatoms. The molecular formula is C29H28F5N5O3. The van der Waals surface area contributed by atoms with E-state index in [0.29, 0.717) is 31.6 Å². The Balaban J connectivity index is 1.43. The fraction of sp³-hybridized carbons (Fsp3) is 0.414. The molecule has 2 aromatic carbocycles. The van der Waals surface area contributed by atoms with Gasteiger partial charge in [-0.2, -0.15) is 18.2 Å². The first-order valence-corrected chi connectivity index (χ1v) is 13.4. The van der Waals surface area contributed by atoms with Gasteiger partial charge in [-0.15, -0.1) is 0 Å². The van der Waals surface area contributed by atoms with Gasteiger partial charge in [0.15, 0.2) is 17.5 Å². The Morgan fingerprint density at radius 1 is 1.19 bits per heavy atom. The maximum Gasteiger partial charge on any atom is 0.421 e. The Kier molecular flexibility index (Phi) is 6.84. The van der Waals surface area contributed by atoms with Crippen LogP contribution in [0.15, 0.2) is 30.5 Å². The van der Waals surface area contributed by atoms with E-state index in [2.05, 4.69) is 20.2 Å². The lowest BCUT2D eigenvalue weighted by Gasteiger charge is -2.33. The van der Waals surface area contributed by atoms with E-state index in [4.69, 9.17) is 4.74 Å². The smallest absolute Gasteiger partial charge is 0.421 e. The summed E-state index contributed by atoms with van der Waals surface area (Å²) >= 11 is 0. The van der Waals surface area contributed by atoms with E-state index >= 15 is 0 Å². The first-order valence-electron chi connectivity index (χ1n) is 13.4. The summed E-state index contributed by atoms with van der Waals surface area (Å²) in [5.41, 5.74) is 1.55. The van der Waals surface area contributed by atoms with E-state index in [1.807, 2.05) is 19.2 Å². The summed E-state index contributed by atoms with van der Waals surface area (Å²) in [6.45, 7) is 3.99. The van der Waals surface area contributed by atoms with Gasteiger partial charge in [-0.1, -0.05) is 6.92 Å². The predicted octanol–water partition coefficient (Wildman–Crippen LogP) is 5.50. The lowest BCUT2D eigenvalue weighted by atomic mass is 9.81. The fourth-order valence-corrected chi connectivity index (χ4v) is 6.13. The van der Waals surface area contributed by atoms with Gasteiger partial charge in [0, 0.05) is 54.6 Å². The molecule has 42 heavy (non-hydrogen) atoms. The van der Waals surface area contributed by atoms with Gasteiger partial charge in [0.25, 0.3) is 0 Å². The molecule has 2 N–H and O–H groups in total. The number of likely N-dealkylation sites (N-methyl/N-ethyl adjacent to an activating group) is 1. The number of rotatable bonds is 6. The highest BCUT2D eigenvalue weighted by Gasteiger charge is 2.46. The van der Waals surface area contributed by atoms with Crippen molar-refractivity contribution in [1.29, 1.82) is 0 Å². The van der Waals surface area contributed by atoms with Crippen LogP contribution in [0.25, 0.3) is 0 Å². The number of hydrogen-bond acceptors (Lipinski definition) is 7. The van der Waals surface area contributed by atoms with Gasteiger partial charge in [-0.25, -0.2) is 13.8 Å². The minimum absolute atomic E-state index is 0.0798. The molecule has 0 aliphatic carbocycles. The summed E-state index contributed by atoms with van der Waals surface area (Å²) in [5, 5.41) is 12.6. The van der Waals surface area contributed by atoms with E-state index in [-0.39, 0.29) is 29.7 Å². The molecule has 0 spiro atoms. The highest BCUT2D eigenvalue weighted by Crippen LogP contribution is 2.49. The number of benzene rings is 2. The molecule has 1 atom stereocenters. The van der Waals surface area contributed by atoms with Gasteiger partial charge >= 0.3 is 12.1 Å². The topological polar surface area (TPSA) is 90.8 Å². The van der Waals surface area contributed by atoms with Crippen molar-refractivity contribution < 1.29 is 36.6 Å². The van der Waals surface area contributed by atoms with Crippen LogP contribution < -0.4 is 10.2 Å². The average molecular weight is 590 g/mol. The van der Waals surface area contributed by atoms with Crippen molar-refractivity contribution in [2.45, 2.75) is 43.8 Å². The number of carbonyl (C=O) groups is 1. The number of hydrogen-bond donors (Lipinski definition) is 2. The van der Waals surface area contributed by atoms with E-state index in [0.717, 1.165) is 41.1 Å². The van der Waals surface area contributed by atoms with Crippen molar-refractivity contribution in [2.24, 2.45) is 0 Å². The maximum absolute atomic E-state index is 14.4. The van der Waals surface area contributed by atoms with Crippen LogP contribution in [0.4, 0.5) is 45.1 Å². The molecule has 3 aliphatic rings. The Morgan fingerprint density at radius 2 is 1.93 bits per heavy atom. The normalized spacial score (nSPS) is 20.7. The van der Waals surface area contributed by atoms with Gasteiger partial charge in [-0.3, -0.25) is 4.79 Å². The minimum Gasteiger partial charge on any atom is -0.481 e.